The first-order chi connectivity index (χ1) is 18.6. The Kier molecular flexibility index (Phi) is 8.13. The zero-order valence-corrected chi connectivity index (χ0v) is 20.4. The van der Waals surface area contributed by atoms with Crippen LogP contribution in [0.25, 0.3) is 11.1 Å². The summed E-state index contributed by atoms with van der Waals surface area (Å²) in [7, 11) is 0. The standard InChI is InChI=1S/C27H21F10NO2/c28-24(29)26(33,34)39-19-4-1-3-17(15-19)22-12-11-21-20(16-7-9-18(10-8-16)40-27(35,36)37)5-2-6-23(21)38(22)14-13-25(30,31)32/h1-10,15,22,24H,11-14H2. The van der Waals surface area contributed by atoms with Crippen molar-refractivity contribution in [1.82, 2.24) is 0 Å². The van der Waals surface area contributed by atoms with Crippen LogP contribution in [-0.4, -0.2) is 31.6 Å². The molecule has 0 spiro atoms. The number of alkyl halides is 10. The lowest BCUT2D eigenvalue weighted by Gasteiger charge is -2.40. The second kappa shape index (κ2) is 11.1. The molecule has 0 N–H and O–H groups in total. The van der Waals surface area contributed by atoms with Crippen LogP contribution in [0.1, 0.15) is 30.0 Å². The van der Waals surface area contributed by atoms with Gasteiger partial charge in [0.25, 0.3) is 0 Å². The van der Waals surface area contributed by atoms with Crippen molar-refractivity contribution < 1.29 is 53.4 Å². The number of ether oxygens (including phenoxy) is 2. The molecule has 1 unspecified atom stereocenters. The van der Waals surface area contributed by atoms with Crippen LogP contribution in [0.2, 0.25) is 0 Å². The van der Waals surface area contributed by atoms with E-state index in [9.17, 15) is 43.9 Å². The maximum Gasteiger partial charge on any atom is 0.573 e. The average molecular weight is 581 g/mol. The first-order valence-corrected chi connectivity index (χ1v) is 11.9. The van der Waals surface area contributed by atoms with Gasteiger partial charge in [-0.25, -0.2) is 0 Å². The number of halogens is 10. The zero-order valence-electron chi connectivity index (χ0n) is 20.4. The van der Waals surface area contributed by atoms with Crippen LogP contribution in [0, 0.1) is 0 Å². The predicted octanol–water partition coefficient (Wildman–Crippen LogP) is 8.94. The van der Waals surface area contributed by atoms with E-state index in [2.05, 4.69) is 9.47 Å². The van der Waals surface area contributed by atoms with Crippen molar-refractivity contribution in [2.75, 3.05) is 11.4 Å². The van der Waals surface area contributed by atoms with E-state index >= 15 is 0 Å². The normalized spacial score (nSPS) is 16.2. The van der Waals surface area contributed by atoms with Crippen molar-refractivity contribution in [2.24, 2.45) is 0 Å². The van der Waals surface area contributed by atoms with Crippen molar-refractivity contribution in [2.45, 2.75) is 50.4 Å². The number of nitrogens with zero attached hydrogens (tertiary/aromatic N) is 1. The molecule has 0 aromatic heterocycles. The van der Waals surface area contributed by atoms with Crippen LogP contribution in [-0.2, 0) is 6.42 Å². The lowest BCUT2D eigenvalue weighted by atomic mass is 9.86. The monoisotopic (exact) mass is 581 g/mol. The molecule has 1 aliphatic heterocycles. The number of fused-ring (bicyclic) bond motifs is 1. The van der Waals surface area contributed by atoms with Crippen LogP contribution < -0.4 is 14.4 Å². The van der Waals surface area contributed by atoms with Crippen molar-refractivity contribution in [3.63, 3.8) is 0 Å². The molecule has 3 aromatic carbocycles. The topological polar surface area (TPSA) is 21.7 Å². The molecule has 3 aromatic rings. The number of benzene rings is 3. The van der Waals surface area contributed by atoms with Crippen molar-refractivity contribution in [3.8, 4) is 22.6 Å². The van der Waals surface area contributed by atoms with Gasteiger partial charge >= 0.3 is 25.1 Å². The quantitative estimate of drug-likeness (QED) is 0.248. The molecule has 0 bridgehead atoms. The summed E-state index contributed by atoms with van der Waals surface area (Å²) < 4.78 is 138. The Bertz CT molecular complexity index is 1310. The van der Waals surface area contributed by atoms with E-state index in [0.29, 0.717) is 28.8 Å². The number of hydrogen-bond acceptors (Lipinski definition) is 3. The second-order valence-corrected chi connectivity index (χ2v) is 9.03. The molecular weight excluding hydrogens is 560 g/mol. The third kappa shape index (κ3) is 7.11. The van der Waals surface area contributed by atoms with Gasteiger partial charge in [-0.3, -0.25) is 0 Å². The smallest absolute Gasteiger partial charge is 0.428 e. The molecule has 0 fully saturated rings. The number of anilines is 1. The van der Waals surface area contributed by atoms with E-state index in [0.717, 1.165) is 24.3 Å². The Balaban J connectivity index is 1.69. The Hall–Kier alpha value is -3.64. The second-order valence-electron chi connectivity index (χ2n) is 9.03. The molecule has 13 heteroatoms. The van der Waals surface area contributed by atoms with E-state index in [1.807, 2.05) is 0 Å². The maximum atomic E-state index is 13.5. The van der Waals surface area contributed by atoms with Gasteiger partial charge in [0.15, 0.2) is 0 Å². The summed E-state index contributed by atoms with van der Waals surface area (Å²) in [4.78, 5) is 1.46. The summed E-state index contributed by atoms with van der Waals surface area (Å²) in [6.07, 6.45) is -18.9. The first-order valence-electron chi connectivity index (χ1n) is 11.9. The third-order valence-electron chi connectivity index (χ3n) is 6.29. The van der Waals surface area contributed by atoms with Crippen LogP contribution in [0.3, 0.4) is 0 Å². The Labute approximate surface area is 221 Å². The predicted molar refractivity (Wildman–Crippen MR) is 126 cm³/mol. The van der Waals surface area contributed by atoms with Gasteiger partial charge in [0, 0.05) is 12.2 Å². The largest absolute Gasteiger partial charge is 0.573 e. The summed E-state index contributed by atoms with van der Waals surface area (Å²) in [5.41, 5.74) is 2.43. The molecular formula is C27H21F10NO2. The van der Waals surface area contributed by atoms with Gasteiger partial charge in [0.1, 0.15) is 11.5 Å². The highest BCUT2D eigenvalue weighted by Gasteiger charge is 2.44. The molecule has 0 saturated heterocycles. The molecule has 1 heterocycles. The van der Waals surface area contributed by atoms with E-state index in [1.54, 1.807) is 18.2 Å². The van der Waals surface area contributed by atoms with Gasteiger partial charge in [-0.15, -0.1) is 13.2 Å². The van der Waals surface area contributed by atoms with Crippen molar-refractivity contribution in [1.29, 1.82) is 0 Å². The molecule has 1 aliphatic rings. The highest BCUT2D eigenvalue weighted by molar-refractivity contribution is 5.76. The summed E-state index contributed by atoms with van der Waals surface area (Å²) in [6, 6.07) is 14.0. The van der Waals surface area contributed by atoms with Crippen molar-refractivity contribution in [3.05, 3.63) is 77.9 Å². The van der Waals surface area contributed by atoms with Gasteiger partial charge in [0.05, 0.1) is 12.5 Å². The Morgan fingerprint density at radius 3 is 2.10 bits per heavy atom. The summed E-state index contributed by atoms with van der Waals surface area (Å²) in [6.45, 7) is -0.499. The molecule has 40 heavy (non-hydrogen) atoms. The van der Waals surface area contributed by atoms with E-state index in [4.69, 9.17) is 0 Å². The van der Waals surface area contributed by atoms with Gasteiger partial charge in [-0.2, -0.15) is 30.7 Å². The van der Waals surface area contributed by atoms with E-state index in [1.165, 1.54) is 29.2 Å². The van der Waals surface area contributed by atoms with Crippen LogP contribution in [0.15, 0.2) is 66.7 Å². The third-order valence-corrected chi connectivity index (χ3v) is 6.29. The fraction of sp³-hybridized carbons (Fsp3) is 0.333. The molecule has 216 valence electrons. The first kappa shape index (κ1) is 29.3. The lowest BCUT2D eigenvalue weighted by Crippen LogP contribution is -2.36. The fourth-order valence-corrected chi connectivity index (χ4v) is 4.67. The molecule has 0 aliphatic carbocycles. The highest BCUT2D eigenvalue weighted by atomic mass is 19.4. The zero-order chi connectivity index (χ0) is 29.3. The van der Waals surface area contributed by atoms with Crippen LogP contribution in [0.5, 0.6) is 11.5 Å². The molecule has 4 rings (SSSR count). The average Bonchev–Trinajstić information content (AvgIpc) is 2.85. The van der Waals surface area contributed by atoms with E-state index < -0.39 is 55.6 Å². The number of rotatable bonds is 8. The summed E-state index contributed by atoms with van der Waals surface area (Å²) in [5, 5.41) is 0. The lowest BCUT2D eigenvalue weighted by molar-refractivity contribution is -0.274. The van der Waals surface area contributed by atoms with Crippen LogP contribution in [0.4, 0.5) is 49.6 Å². The minimum absolute atomic E-state index is 0.228. The summed E-state index contributed by atoms with van der Waals surface area (Å²) >= 11 is 0. The Morgan fingerprint density at radius 2 is 1.48 bits per heavy atom. The fourth-order valence-electron chi connectivity index (χ4n) is 4.67. The maximum absolute atomic E-state index is 13.5. The van der Waals surface area contributed by atoms with Gasteiger partial charge < -0.3 is 14.4 Å². The van der Waals surface area contributed by atoms with Gasteiger partial charge in [0.2, 0.25) is 0 Å². The Morgan fingerprint density at radius 1 is 0.800 bits per heavy atom. The van der Waals surface area contributed by atoms with Gasteiger partial charge in [-0.1, -0.05) is 36.4 Å². The summed E-state index contributed by atoms with van der Waals surface area (Å²) in [5.74, 6) is -1.01. The molecule has 1 atom stereocenters. The van der Waals surface area contributed by atoms with E-state index in [-0.39, 0.29) is 12.0 Å². The van der Waals surface area contributed by atoms with Crippen molar-refractivity contribution >= 4 is 5.69 Å². The molecule has 0 saturated carbocycles. The molecule has 3 nitrogen and oxygen atoms in total. The van der Waals surface area contributed by atoms with Crippen LogP contribution >= 0.6 is 0 Å². The number of hydrogen-bond donors (Lipinski definition) is 0. The SMILES string of the molecule is FC(F)C(F)(F)Oc1cccc(C2CCc3c(-c4ccc(OC(F)(F)F)cc4)cccc3N2CCC(F)(F)F)c1. The minimum Gasteiger partial charge on any atom is -0.428 e. The minimum atomic E-state index is -4.88. The van der Waals surface area contributed by atoms with Gasteiger partial charge in [-0.05, 0) is 65.4 Å². The highest BCUT2D eigenvalue weighted by Crippen LogP contribution is 2.44. The molecule has 0 radical (unpaired) electrons. The molecule has 0 amide bonds.